The van der Waals surface area contributed by atoms with E-state index in [9.17, 15) is 5.41 Å². The van der Waals surface area contributed by atoms with Gasteiger partial charge in [0.25, 0.3) is 0 Å². The van der Waals surface area contributed by atoms with Crippen LogP contribution >= 0.6 is 0 Å². The van der Waals surface area contributed by atoms with E-state index in [-0.39, 0.29) is 0 Å². The van der Waals surface area contributed by atoms with Crippen LogP contribution in [0.2, 0.25) is 0 Å². The minimum Gasteiger partial charge on any atom is -0.455 e. The molecule has 0 unspecified atom stereocenters. The number of hydrogen-bond donors (Lipinski definition) is 2. The molecule has 0 aliphatic carbocycles. The summed E-state index contributed by atoms with van der Waals surface area (Å²) in [6, 6.07) is 58.5. The van der Waals surface area contributed by atoms with Gasteiger partial charge in [0, 0.05) is 49.6 Å². The van der Waals surface area contributed by atoms with Crippen LogP contribution in [-0.2, 0) is 0 Å². The molecule has 0 saturated heterocycles. The summed E-state index contributed by atoms with van der Waals surface area (Å²) < 4.78 is 12.9. The lowest BCUT2D eigenvalue weighted by Gasteiger charge is -2.16. The molecular formula is C50H31N5O2. The molecule has 0 aliphatic heterocycles. The first kappa shape index (κ1) is 32.5. The van der Waals surface area contributed by atoms with Crippen LogP contribution in [-0.4, -0.2) is 20.7 Å². The van der Waals surface area contributed by atoms with Crippen LogP contribution in [0, 0.1) is 5.41 Å². The zero-order chi connectivity index (χ0) is 37.9. The number of aromatic nitrogens is 3. The first-order chi connectivity index (χ1) is 28.1. The molecule has 2 N–H and O–H groups in total. The Kier molecular flexibility index (Phi) is 7.50. The van der Waals surface area contributed by atoms with Crippen molar-refractivity contribution in [2.75, 3.05) is 5.32 Å². The maximum absolute atomic E-state index is 9.63. The molecule has 7 heteroatoms. The Bertz CT molecular complexity index is 3230. The van der Waals surface area contributed by atoms with E-state index >= 15 is 0 Å². The van der Waals surface area contributed by atoms with Crippen LogP contribution in [0.4, 0.5) is 11.4 Å². The van der Waals surface area contributed by atoms with Crippen molar-refractivity contribution in [3.63, 3.8) is 0 Å². The minimum atomic E-state index is 0.370. The Morgan fingerprint density at radius 3 is 1.63 bits per heavy atom. The number of nitrogens with zero attached hydrogens (tertiary/aromatic N) is 3. The van der Waals surface area contributed by atoms with Gasteiger partial charge in [-0.05, 0) is 65.4 Å². The molecule has 0 saturated carbocycles. The Morgan fingerprint density at radius 2 is 0.982 bits per heavy atom. The quantitative estimate of drug-likeness (QED) is 0.158. The number of benzene rings is 8. The Balaban J connectivity index is 1.09. The number of hydrogen-bond acceptors (Lipinski definition) is 7. The van der Waals surface area contributed by atoms with Crippen molar-refractivity contribution in [3.05, 3.63) is 187 Å². The maximum atomic E-state index is 9.63. The molecule has 0 amide bonds. The molecule has 7 nitrogen and oxygen atoms in total. The second-order valence-corrected chi connectivity index (χ2v) is 14.1. The molecule has 0 fully saturated rings. The minimum absolute atomic E-state index is 0.370. The third kappa shape index (κ3) is 5.60. The van der Waals surface area contributed by atoms with Crippen molar-refractivity contribution in [1.82, 2.24) is 15.0 Å². The van der Waals surface area contributed by atoms with Gasteiger partial charge in [0.15, 0.2) is 17.5 Å². The highest BCUT2D eigenvalue weighted by molar-refractivity contribution is 6.17. The molecule has 11 aromatic rings. The van der Waals surface area contributed by atoms with Gasteiger partial charge in [-0.2, -0.15) is 0 Å². The van der Waals surface area contributed by atoms with Crippen LogP contribution in [0.3, 0.4) is 0 Å². The van der Waals surface area contributed by atoms with E-state index in [4.69, 9.17) is 23.8 Å². The van der Waals surface area contributed by atoms with Gasteiger partial charge in [0.2, 0.25) is 0 Å². The highest BCUT2D eigenvalue weighted by atomic mass is 16.3. The molecule has 11 rings (SSSR count). The summed E-state index contributed by atoms with van der Waals surface area (Å²) in [7, 11) is 0. The molecule has 57 heavy (non-hydrogen) atoms. The first-order valence-electron chi connectivity index (χ1n) is 18.8. The molecule has 0 atom stereocenters. The second-order valence-electron chi connectivity index (χ2n) is 14.1. The Labute approximate surface area is 326 Å². The predicted molar refractivity (Wildman–Crippen MR) is 230 cm³/mol. The fourth-order valence-corrected chi connectivity index (χ4v) is 7.79. The summed E-state index contributed by atoms with van der Waals surface area (Å²) in [5, 5.41) is 19.4. The average molecular weight is 734 g/mol. The summed E-state index contributed by atoms with van der Waals surface area (Å²) in [5.74, 6) is 1.40. The summed E-state index contributed by atoms with van der Waals surface area (Å²) in [6.07, 6.45) is 0. The Hall–Kier alpha value is -7.90. The second kappa shape index (κ2) is 13.1. The van der Waals surface area contributed by atoms with Crippen molar-refractivity contribution in [2.24, 2.45) is 0 Å². The average Bonchev–Trinajstić information content (AvgIpc) is 3.85. The third-order valence-corrected chi connectivity index (χ3v) is 10.5. The van der Waals surface area contributed by atoms with E-state index in [0.717, 1.165) is 82.7 Å². The molecule has 0 bridgehead atoms. The summed E-state index contributed by atoms with van der Waals surface area (Å²) in [4.78, 5) is 15.4. The fourth-order valence-electron chi connectivity index (χ4n) is 7.79. The number of rotatable bonds is 7. The van der Waals surface area contributed by atoms with Crippen molar-refractivity contribution < 1.29 is 8.83 Å². The van der Waals surface area contributed by atoms with Crippen LogP contribution in [0.25, 0.3) is 88.8 Å². The van der Waals surface area contributed by atoms with E-state index in [1.165, 1.54) is 0 Å². The molecule has 3 heterocycles. The van der Waals surface area contributed by atoms with Gasteiger partial charge >= 0.3 is 0 Å². The van der Waals surface area contributed by atoms with E-state index < -0.39 is 0 Å². The van der Waals surface area contributed by atoms with Gasteiger partial charge in [-0.3, -0.25) is 5.41 Å². The summed E-state index contributed by atoms with van der Waals surface area (Å²) in [5.41, 5.74) is 8.90. The van der Waals surface area contributed by atoms with Crippen molar-refractivity contribution in [2.45, 2.75) is 0 Å². The molecule has 0 spiro atoms. The van der Waals surface area contributed by atoms with Crippen molar-refractivity contribution in [3.8, 4) is 34.2 Å². The Morgan fingerprint density at radius 1 is 0.456 bits per heavy atom. The zero-order valence-electron chi connectivity index (χ0n) is 30.4. The van der Waals surface area contributed by atoms with Crippen LogP contribution in [0.15, 0.2) is 185 Å². The topological polar surface area (TPSA) is 101 Å². The number of nitrogens with one attached hydrogen (secondary N) is 2. The van der Waals surface area contributed by atoms with Gasteiger partial charge in [-0.25, -0.2) is 15.0 Å². The zero-order valence-corrected chi connectivity index (χ0v) is 30.4. The number of fused-ring (bicyclic) bond motifs is 7. The van der Waals surface area contributed by atoms with E-state index in [1.807, 2.05) is 127 Å². The molecule has 268 valence electrons. The van der Waals surface area contributed by atoms with Gasteiger partial charge in [0.05, 0.1) is 16.8 Å². The molecule has 0 radical (unpaired) electrons. The predicted octanol–water partition coefficient (Wildman–Crippen LogP) is 13.0. The number of para-hydroxylation sites is 5. The van der Waals surface area contributed by atoms with Gasteiger partial charge in [0.1, 0.15) is 22.3 Å². The lowest BCUT2D eigenvalue weighted by atomic mass is 9.96. The molecule has 0 aliphatic rings. The molecule has 3 aromatic heterocycles. The third-order valence-electron chi connectivity index (χ3n) is 10.5. The van der Waals surface area contributed by atoms with E-state index in [2.05, 4.69) is 53.8 Å². The fraction of sp³-hybridized carbons (Fsp3) is 0. The van der Waals surface area contributed by atoms with Gasteiger partial charge in [-0.15, -0.1) is 0 Å². The van der Waals surface area contributed by atoms with Crippen LogP contribution < -0.4 is 5.32 Å². The van der Waals surface area contributed by atoms with Gasteiger partial charge < -0.3 is 14.2 Å². The first-order valence-corrected chi connectivity index (χ1v) is 18.8. The monoisotopic (exact) mass is 733 g/mol. The normalized spacial score (nSPS) is 11.6. The number of anilines is 2. The highest BCUT2D eigenvalue weighted by Crippen LogP contribution is 2.39. The van der Waals surface area contributed by atoms with Crippen LogP contribution in [0.5, 0.6) is 0 Å². The maximum Gasteiger partial charge on any atom is 0.167 e. The van der Waals surface area contributed by atoms with Crippen molar-refractivity contribution >= 4 is 71.7 Å². The smallest absolute Gasteiger partial charge is 0.167 e. The lowest BCUT2D eigenvalue weighted by molar-refractivity contribution is 0.669. The summed E-state index contributed by atoms with van der Waals surface area (Å²) >= 11 is 0. The van der Waals surface area contributed by atoms with E-state index in [1.54, 1.807) is 0 Å². The SMILES string of the molecule is N=C(c1cccc(-c2nc(-c3cccc4c3oc3ccccc34)nc(-c3cccc4c3oc3ccccc34)n2)c1)c1cc2ccccc2cc1Nc1ccccc1. The lowest BCUT2D eigenvalue weighted by Crippen LogP contribution is -2.07. The summed E-state index contributed by atoms with van der Waals surface area (Å²) in [6.45, 7) is 0. The molecular weight excluding hydrogens is 703 g/mol. The molecule has 8 aromatic carbocycles. The van der Waals surface area contributed by atoms with Crippen LogP contribution in [0.1, 0.15) is 11.1 Å². The number of furan rings is 2. The standard InChI is InChI=1S/C50H31N5O2/c51-45(41-28-30-13-4-5-14-31(30)29-42(41)52-34-17-2-1-3-18-34)32-15-10-16-33(27-32)48-53-49(39-23-11-21-37-35-19-6-8-25-43(35)56-46(37)39)55-50(54-48)40-24-12-22-38-36-20-7-9-26-44(36)57-47(38)40/h1-29,51-52H. The van der Waals surface area contributed by atoms with Gasteiger partial charge in [-0.1, -0.05) is 121 Å². The van der Waals surface area contributed by atoms with Crippen molar-refractivity contribution in [1.29, 1.82) is 5.41 Å². The largest absolute Gasteiger partial charge is 0.455 e. The van der Waals surface area contributed by atoms with E-state index in [0.29, 0.717) is 34.4 Å². The highest BCUT2D eigenvalue weighted by Gasteiger charge is 2.21.